The van der Waals surface area contributed by atoms with E-state index in [9.17, 15) is 0 Å². The molecule has 0 unspecified atom stereocenters. The molecular formula is C16H26N4. The molecular weight excluding hydrogens is 248 g/mol. The first-order valence-corrected chi connectivity index (χ1v) is 8.01. The minimum absolute atomic E-state index is 0.879. The van der Waals surface area contributed by atoms with Gasteiger partial charge in [0.25, 0.3) is 0 Å². The number of rotatable bonds is 6. The van der Waals surface area contributed by atoms with E-state index in [1.54, 1.807) is 0 Å². The smallest absolute Gasteiger partial charge is 0.0562 e. The van der Waals surface area contributed by atoms with Crippen LogP contribution in [0, 0.1) is 0 Å². The van der Waals surface area contributed by atoms with Gasteiger partial charge in [-0.25, -0.2) is 0 Å². The van der Waals surface area contributed by atoms with Crippen molar-refractivity contribution in [1.82, 2.24) is 15.2 Å². The van der Waals surface area contributed by atoms with Crippen LogP contribution in [0.25, 0.3) is 0 Å². The molecule has 2 heterocycles. The third kappa shape index (κ3) is 3.49. The summed E-state index contributed by atoms with van der Waals surface area (Å²) in [6, 6.07) is 5.30. The van der Waals surface area contributed by atoms with E-state index in [4.69, 9.17) is 0 Å². The molecule has 2 fully saturated rings. The van der Waals surface area contributed by atoms with Gasteiger partial charge >= 0.3 is 0 Å². The van der Waals surface area contributed by atoms with E-state index in [2.05, 4.69) is 39.2 Å². The zero-order valence-corrected chi connectivity index (χ0v) is 12.5. The zero-order valence-electron chi connectivity index (χ0n) is 12.5. The van der Waals surface area contributed by atoms with Crippen molar-refractivity contribution in [1.29, 1.82) is 0 Å². The molecule has 1 aliphatic carbocycles. The summed E-state index contributed by atoms with van der Waals surface area (Å²) >= 11 is 0. The lowest BCUT2D eigenvalue weighted by atomic mass is 10.2. The summed E-state index contributed by atoms with van der Waals surface area (Å²) in [6.45, 7) is 8.88. The summed E-state index contributed by atoms with van der Waals surface area (Å²) < 4.78 is 0. The molecule has 4 nitrogen and oxygen atoms in total. The lowest BCUT2D eigenvalue weighted by molar-refractivity contribution is 0.248. The fourth-order valence-electron chi connectivity index (χ4n) is 2.94. The summed E-state index contributed by atoms with van der Waals surface area (Å²) in [6.07, 6.45) is 5.96. The van der Waals surface area contributed by atoms with Crippen LogP contribution in [0.5, 0.6) is 0 Å². The van der Waals surface area contributed by atoms with Crippen LogP contribution in [0.15, 0.2) is 18.3 Å². The molecule has 0 amide bonds. The van der Waals surface area contributed by atoms with Gasteiger partial charge < -0.3 is 10.2 Å². The number of hydrogen-bond donors (Lipinski definition) is 1. The fourth-order valence-corrected chi connectivity index (χ4v) is 2.94. The Balaban J connectivity index is 1.55. The molecule has 20 heavy (non-hydrogen) atoms. The van der Waals surface area contributed by atoms with E-state index < -0.39 is 0 Å². The quantitative estimate of drug-likeness (QED) is 0.803. The first-order chi connectivity index (χ1) is 9.86. The van der Waals surface area contributed by atoms with E-state index in [0.29, 0.717) is 0 Å². The molecule has 1 aromatic rings. The summed E-state index contributed by atoms with van der Waals surface area (Å²) in [5, 5.41) is 3.42. The normalized spacial score (nSPS) is 20.4. The second-order valence-electron chi connectivity index (χ2n) is 5.94. The maximum atomic E-state index is 4.46. The molecule has 1 saturated heterocycles. The van der Waals surface area contributed by atoms with Crippen LogP contribution in [0.2, 0.25) is 0 Å². The van der Waals surface area contributed by atoms with E-state index in [1.165, 1.54) is 38.0 Å². The van der Waals surface area contributed by atoms with Crippen LogP contribution in [-0.4, -0.2) is 48.6 Å². The molecule has 0 bridgehead atoms. The molecule has 1 aliphatic heterocycles. The van der Waals surface area contributed by atoms with Crippen molar-refractivity contribution in [2.45, 2.75) is 38.8 Å². The molecule has 1 N–H and O–H groups in total. The third-order valence-electron chi connectivity index (χ3n) is 4.28. The predicted octanol–water partition coefficient (Wildman–Crippen LogP) is 1.87. The Kier molecular flexibility index (Phi) is 4.53. The van der Waals surface area contributed by atoms with E-state index in [0.717, 1.165) is 37.9 Å². The van der Waals surface area contributed by atoms with Crippen LogP contribution in [0.3, 0.4) is 0 Å². The number of pyridine rings is 1. The molecule has 110 valence electrons. The molecule has 0 radical (unpaired) electrons. The van der Waals surface area contributed by atoms with Crippen molar-refractivity contribution in [3.63, 3.8) is 0 Å². The van der Waals surface area contributed by atoms with Gasteiger partial charge in [0.2, 0.25) is 0 Å². The lowest BCUT2D eigenvalue weighted by Crippen LogP contribution is -2.47. The van der Waals surface area contributed by atoms with Crippen molar-refractivity contribution in [2.75, 3.05) is 37.6 Å². The zero-order chi connectivity index (χ0) is 13.8. The first-order valence-electron chi connectivity index (χ1n) is 8.01. The number of nitrogens with one attached hydrogen (secondary N) is 1. The second-order valence-corrected chi connectivity index (χ2v) is 5.94. The number of aromatic nitrogens is 1. The van der Waals surface area contributed by atoms with E-state index >= 15 is 0 Å². The Morgan fingerprint density at radius 3 is 2.75 bits per heavy atom. The monoisotopic (exact) mass is 274 g/mol. The molecule has 2 aliphatic rings. The second kappa shape index (κ2) is 6.55. The van der Waals surface area contributed by atoms with Crippen LogP contribution in [0.1, 0.15) is 31.9 Å². The Morgan fingerprint density at radius 1 is 1.25 bits per heavy atom. The Hall–Kier alpha value is -1.13. The standard InChI is InChI=1S/C16H26N4/c1-2-6-17-13-14-12-16(5-7-18-14)20-10-8-19(9-11-20)15-3-4-15/h5,7,12,15,17H,2-4,6,8-11,13H2,1H3. The predicted molar refractivity (Wildman–Crippen MR) is 83.0 cm³/mol. The number of anilines is 1. The maximum Gasteiger partial charge on any atom is 0.0562 e. The van der Waals surface area contributed by atoms with Gasteiger partial charge in [0.1, 0.15) is 0 Å². The highest BCUT2D eigenvalue weighted by Gasteiger charge is 2.31. The number of nitrogens with zero attached hydrogens (tertiary/aromatic N) is 3. The highest BCUT2D eigenvalue weighted by molar-refractivity contribution is 5.47. The van der Waals surface area contributed by atoms with Crippen molar-refractivity contribution in [2.24, 2.45) is 0 Å². The summed E-state index contributed by atoms with van der Waals surface area (Å²) in [7, 11) is 0. The van der Waals surface area contributed by atoms with Crippen molar-refractivity contribution in [3.8, 4) is 0 Å². The van der Waals surface area contributed by atoms with Crippen LogP contribution >= 0.6 is 0 Å². The molecule has 0 spiro atoms. The Labute approximate surface area is 122 Å². The molecule has 3 rings (SSSR count). The summed E-state index contributed by atoms with van der Waals surface area (Å²) in [5.74, 6) is 0. The molecule has 1 aromatic heterocycles. The largest absolute Gasteiger partial charge is 0.369 e. The highest BCUT2D eigenvalue weighted by atomic mass is 15.3. The van der Waals surface area contributed by atoms with Gasteiger partial charge in [-0.1, -0.05) is 6.92 Å². The van der Waals surface area contributed by atoms with Crippen molar-refractivity contribution in [3.05, 3.63) is 24.0 Å². The highest BCUT2D eigenvalue weighted by Crippen LogP contribution is 2.28. The first kappa shape index (κ1) is 13.8. The molecule has 0 atom stereocenters. The van der Waals surface area contributed by atoms with E-state index in [-0.39, 0.29) is 0 Å². The third-order valence-corrected chi connectivity index (χ3v) is 4.28. The van der Waals surface area contributed by atoms with Crippen LogP contribution in [-0.2, 0) is 6.54 Å². The summed E-state index contributed by atoms with van der Waals surface area (Å²) in [4.78, 5) is 9.62. The van der Waals surface area contributed by atoms with Gasteiger partial charge in [-0.3, -0.25) is 9.88 Å². The van der Waals surface area contributed by atoms with Crippen LogP contribution < -0.4 is 10.2 Å². The summed E-state index contributed by atoms with van der Waals surface area (Å²) in [5.41, 5.74) is 2.49. The molecule has 4 heteroatoms. The van der Waals surface area contributed by atoms with Gasteiger partial charge in [0.15, 0.2) is 0 Å². The minimum atomic E-state index is 0.879. The molecule has 0 aromatic carbocycles. The minimum Gasteiger partial charge on any atom is -0.369 e. The van der Waals surface area contributed by atoms with Gasteiger partial charge in [0, 0.05) is 50.6 Å². The average molecular weight is 274 g/mol. The van der Waals surface area contributed by atoms with E-state index in [1.807, 2.05) is 6.20 Å². The van der Waals surface area contributed by atoms with Crippen molar-refractivity contribution < 1.29 is 0 Å². The van der Waals surface area contributed by atoms with Gasteiger partial charge in [-0.2, -0.15) is 0 Å². The number of piperazine rings is 1. The van der Waals surface area contributed by atoms with Gasteiger partial charge in [-0.15, -0.1) is 0 Å². The van der Waals surface area contributed by atoms with Gasteiger partial charge in [0.05, 0.1) is 5.69 Å². The SMILES string of the molecule is CCCNCc1cc(N2CCN(C3CC3)CC2)ccn1. The number of hydrogen-bond acceptors (Lipinski definition) is 4. The van der Waals surface area contributed by atoms with Gasteiger partial charge in [-0.05, 0) is 37.9 Å². The van der Waals surface area contributed by atoms with Crippen LogP contribution in [0.4, 0.5) is 5.69 Å². The maximum absolute atomic E-state index is 4.46. The Morgan fingerprint density at radius 2 is 2.05 bits per heavy atom. The fraction of sp³-hybridized carbons (Fsp3) is 0.688. The Bertz CT molecular complexity index is 422. The van der Waals surface area contributed by atoms with Crippen molar-refractivity contribution >= 4 is 5.69 Å². The molecule has 1 saturated carbocycles. The topological polar surface area (TPSA) is 31.4 Å². The lowest BCUT2D eigenvalue weighted by Gasteiger charge is -2.36. The average Bonchev–Trinajstić information content (AvgIpc) is 3.33.